The molecule has 1 aliphatic carbocycles. The molecule has 1 aliphatic rings. The second-order valence-corrected chi connectivity index (χ2v) is 2.85. The molecule has 0 saturated heterocycles. The fraction of sp³-hybridized carbons (Fsp3) is 0. The minimum atomic E-state index is 0.206. The van der Waals surface area contributed by atoms with Crippen LogP contribution in [0.5, 0.6) is 0 Å². The van der Waals surface area contributed by atoms with Gasteiger partial charge in [-0.05, 0) is 24.3 Å². The molecule has 1 rings (SSSR count). The lowest BCUT2D eigenvalue weighted by Crippen LogP contribution is -1.87. The van der Waals surface area contributed by atoms with Crippen LogP contribution in [0.4, 0.5) is 0 Å². The van der Waals surface area contributed by atoms with Crippen LogP contribution in [-0.2, 0) is 0 Å². The lowest BCUT2D eigenvalue weighted by atomic mass is 10.0. The Labute approximate surface area is 92.6 Å². The molecule has 72 valence electrons. The van der Waals surface area contributed by atoms with Crippen LogP contribution in [0, 0.1) is 45.3 Å². The molecule has 0 aromatic rings. The Morgan fingerprint density at radius 2 is 0.688 bits per heavy atom. The van der Waals surface area contributed by atoms with E-state index in [0.717, 1.165) is 0 Å². The first-order chi connectivity index (χ1) is 7.73. The summed E-state index contributed by atoms with van der Waals surface area (Å²) >= 11 is 0. The zero-order valence-corrected chi connectivity index (χ0v) is 8.10. The van der Waals surface area contributed by atoms with Crippen molar-refractivity contribution in [3.8, 4) is 24.3 Å². The van der Waals surface area contributed by atoms with Crippen LogP contribution in [0.15, 0.2) is 46.6 Å². The number of allylic oxidation sites excluding steroid dienone is 8. The molecule has 0 amide bonds. The minimum Gasteiger partial charge on any atom is -0.192 e. The third-order valence-electron chi connectivity index (χ3n) is 1.76. The molecule has 0 N–H and O–H groups in total. The molecule has 4 nitrogen and oxygen atoms in total. The zero-order valence-electron chi connectivity index (χ0n) is 8.10. The van der Waals surface area contributed by atoms with Gasteiger partial charge in [0.25, 0.3) is 0 Å². The van der Waals surface area contributed by atoms with Crippen LogP contribution in [0.2, 0.25) is 0 Å². The van der Waals surface area contributed by atoms with Crippen LogP contribution in [0.1, 0.15) is 0 Å². The molecule has 0 fully saturated rings. The minimum absolute atomic E-state index is 0.206. The fourth-order valence-corrected chi connectivity index (χ4v) is 1.09. The van der Waals surface area contributed by atoms with Gasteiger partial charge in [0.05, 0.1) is 46.6 Å². The zero-order chi connectivity index (χ0) is 12.0. The Hall–Kier alpha value is -3.08. The Bertz CT molecular complexity index is 478. The monoisotopic (exact) mass is 204 g/mol. The first-order valence-electron chi connectivity index (χ1n) is 4.20. The molecule has 0 aromatic heterocycles. The van der Waals surface area contributed by atoms with Crippen molar-refractivity contribution in [3.05, 3.63) is 46.6 Å². The highest BCUT2D eigenvalue weighted by Gasteiger charge is 2.04. The molecule has 0 aromatic carbocycles. The Morgan fingerprint density at radius 3 is 0.812 bits per heavy atom. The molecule has 4 heteroatoms. The molecular weight excluding hydrogens is 200 g/mol. The van der Waals surface area contributed by atoms with Gasteiger partial charge >= 0.3 is 0 Å². The highest BCUT2D eigenvalue weighted by Crippen LogP contribution is 2.14. The van der Waals surface area contributed by atoms with Crippen molar-refractivity contribution in [2.24, 2.45) is 0 Å². The second-order valence-electron chi connectivity index (χ2n) is 2.85. The van der Waals surface area contributed by atoms with Crippen molar-refractivity contribution in [2.45, 2.75) is 0 Å². The lowest BCUT2D eigenvalue weighted by molar-refractivity contribution is 1.41. The van der Waals surface area contributed by atoms with E-state index in [2.05, 4.69) is 0 Å². The quantitative estimate of drug-likeness (QED) is 0.600. The van der Waals surface area contributed by atoms with E-state index in [1.807, 2.05) is 24.3 Å². The smallest absolute Gasteiger partial charge is 0.0992 e. The van der Waals surface area contributed by atoms with Crippen molar-refractivity contribution < 1.29 is 0 Å². The van der Waals surface area contributed by atoms with Gasteiger partial charge in [0.15, 0.2) is 0 Å². The van der Waals surface area contributed by atoms with Crippen LogP contribution in [0.3, 0.4) is 0 Å². The van der Waals surface area contributed by atoms with E-state index in [4.69, 9.17) is 21.0 Å². The van der Waals surface area contributed by atoms with Crippen molar-refractivity contribution in [1.82, 2.24) is 0 Å². The van der Waals surface area contributed by atoms with E-state index < -0.39 is 0 Å². The maximum atomic E-state index is 8.76. The van der Waals surface area contributed by atoms with E-state index in [1.165, 1.54) is 24.3 Å². The number of rotatable bonds is 0. The largest absolute Gasteiger partial charge is 0.192 e. The van der Waals surface area contributed by atoms with Crippen LogP contribution < -0.4 is 0 Å². The summed E-state index contributed by atoms with van der Waals surface area (Å²) in [5, 5.41) is 35.1. The van der Waals surface area contributed by atoms with Crippen molar-refractivity contribution in [3.63, 3.8) is 0 Å². The van der Waals surface area contributed by atoms with E-state index in [9.17, 15) is 0 Å². The van der Waals surface area contributed by atoms with Gasteiger partial charge in [-0.15, -0.1) is 0 Å². The molecule has 0 atom stereocenters. The number of hydrogen-bond donors (Lipinski definition) is 0. The van der Waals surface area contributed by atoms with E-state index in [-0.39, 0.29) is 22.3 Å². The average Bonchev–Trinajstić information content (AvgIpc) is 2.29. The summed E-state index contributed by atoms with van der Waals surface area (Å²) in [6.07, 6.45) is 5.34. The molecule has 0 heterocycles. The van der Waals surface area contributed by atoms with E-state index >= 15 is 0 Å². The van der Waals surface area contributed by atoms with Crippen LogP contribution >= 0.6 is 0 Å². The van der Waals surface area contributed by atoms with Gasteiger partial charge in [0.2, 0.25) is 0 Å². The summed E-state index contributed by atoms with van der Waals surface area (Å²) in [5.41, 5.74) is 0.824. The maximum absolute atomic E-state index is 8.76. The normalized spacial score (nSPS) is 27.2. The Balaban J connectivity index is 3.42. The Kier molecular flexibility index (Phi) is 3.41. The number of hydrogen-bond acceptors (Lipinski definition) is 4. The molecule has 0 radical (unpaired) electrons. The topological polar surface area (TPSA) is 95.2 Å². The molecule has 0 aliphatic heterocycles. The van der Waals surface area contributed by atoms with Gasteiger partial charge in [-0.1, -0.05) is 0 Å². The Morgan fingerprint density at radius 1 is 0.500 bits per heavy atom. The third-order valence-corrected chi connectivity index (χ3v) is 1.76. The summed E-state index contributed by atoms with van der Waals surface area (Å²) < 4.78 is 0. The highest BCUT2D eigenvalue weighted by atomic mass is 14.3. The highest BCUT2D eigenvalue weighted by molar-refractivity contribution is 5.57. The van der Waals surface area contributed by atoms with Crippen LogP contribution in [-0.4, -0.2) is 0 Å². The second kappa shape index (κ2) is 4.97. The van der Waals surface area contributed by atoms with Gasteiger partial charge in [-0.3, -0.25) is 0 Å². The first-order valence-corrected chi connectivity index (χ1v) is 4.20. The van der Waals surface area contributed by atoms with Gasteiger partial charge in [-0.2, -0.15) is 21.0 Å². The third kappa shape index (κ3) is 2.46. The lowest BCUT2D eigenvalue weighted by Gasteiger charge is -1.97. The molecule has 16 heavy (non-hydrogen) atoms. The number of nitrogens with zero attached hydrogens (tertiary/aromatic N) is 4. The molecular formula is C12H4N4. The van der Waals surface area contributed by atoms with Crippen LogP contribution in [0.25, 0.3) is 0 Å². The number of nitriles is 4. The fourth-order valence-electron chi connectivity index (χ4n) is 1.09. The summed E-state index contributed by atoms with van der Waals surface area (Å²) in [7, 11) is 0. The van der Waals surface area contributed by atoms with Gasteiger partial charge in [-0.25, -0.2) is 0 Å². The molecule has 0 spiro atoms. The van der Waals surface area contributed by atoms with Gasteiger partial charge in [0, 0.05) is 0 Å². The van der Waals surface area contributed by atoms with Crippen molar-refractivity contribution in [1.29, 1.82) is 21.0 Å². The average molecular weight is 204 g/mol. The summed E-state index contributed by atoms with van der Waals surface area (Å²) in [6.45, 7) is 0. The standard InChI is InChI=1S/C12H4N4/c13-5-9-1-10(6-14)3-12(8-16)4-11(2-9)7-15/h1-4H/b9-1+,9-2?,10-1?,10-3+,11-2+,11-4?,12-3?,12-4+. The van der Waals surface area contributed by atoms with Crippen molar-refractivity contribution in [2.75, 3.05) is 0 Å². The molecule has 0 saturated carbocycles. The molecule has 0 unspecified atom stereocenters. The van der Waals surface area contributed by atoms with E-state index in [0.29, 0.717) is 0 Å². The summed E-state index contributed by atoms with van der Waals surface area (Å²) in [4.78, 5) is 0. The SMILES string of the molecule is N#CC1=C/C(C#N)=C\C(C#N)=C/C(C#N)=C\1. The van der Waals surface area contributed by atoms with Gasteiger partial charge in [0.1, 0.15) is 0 Å². The maximum Gasteiger partial charge on any atom is 0.0992 e. The summed E-state index contributed by atoms with van der Waals surface area (Å²) in [5.74, 6) is 0. The summed E-state index contributed by atoms with van der Waals surface area (Å²) in [6, 6.07) is 7.45. The van der Waals surface area contributed by atoms with Crippen molar-refractivity contribution >= 4 is 0 Å². The van der Waals surface area contributed by atoms with Gasteiger partial charge < -0.3 is 0 Å². The molecule has 0 bridgehead atoms. The predicted octanol–water partition coefficient (Wildman–Crippen LogP) is 1.80. The van der Waals surface area contributed by atoms with E-state index in [1.54, 1.807) is 0 Å². The predicted molar refractivity (Wildman–Crippen MR) is 54.8 cm³/mol. The first kappa shape index (κ1) is 11.0.